The van der Waals surface area contributed by atoms with E-state index >= 15 is 0 Å². The van der Waals surface area contributed by atoms with Crippen molar-refractivity contribution in [1.29, 1.82) is 0 Å². The van der Waals surface area contributed by atoms with Crippen molar-refractivity contribution in [1.82, 2.24) is 24.8 Å². The standard InChI is InChI=1S/C15H23N5O3S/c1-3-8-16-9-10-19-24(21,22)14-6-4-13(5-7-14)23-11-15-17-12-18-20(15)2/h4-7,12,16,19H,3,8-11H2,1-2H3. The number of rotatable bonds is 10. The van der Waals surface area contributed by atoms with Gasteiger partial charge >= 0.3 is 0 Å². The number of hydrogen-bond acceptors (Lipinski definition) is 6. The average Bonchev–Trinajstić information content (AvgIpc) is 2.98. The van der Waals surface area contributed by atoms with Crippen LogP contribution < -0.4 is 14.8 Å². The van der Waals surface area contributed by atoms with E-state index in [1.807, 2.05) is 0 Å². The lowest BCUT2D eigenvalue weighted by molar-refractivity contribution is 0.289. The monoisotopic (exact) mass is 353 g/mol. The van der Waals surface area contributed by atoms with Crippen molar-refractivity contribution in [2.75, 3.05) is 19.6 Å². The first kappa shape index (κ1) is 18.4. The number of nitrogens with zero attached hydrogens (tertiary/aromatic N) is 3. The van der Waals surface area contributed by atoms with Gasteiger partial charge in [-0.2, -0.15) is 5.10 Å². The molecule has 1 aromatic heterocycles. The molecule has 0 atom stereocenters. The van der Waals surface area contributed by atoms with Crippen LogP contribution >= 0.6 is 0 Å². The van der Waals surface area contributed by atoms with Crippen LogP contribution in [0.1, 0.15) is 19.2 Å². The van der Waals surface area contributed by atoms with Crippen LogP contribution in [0, 0.1) is 0 Å². The molecule has 0 bridgehead atoms. The molecule has 0 radical (unpaired) electrons. The maximum absolute atomic E-state index is 12.2. The fraction of sp³-hybridized carbons (Fsp3) is 0.467. The quantitative estimate of drug-likeness (QED) is 0.609. The first-order valence-corrected chi connectivity index (χ1v) is 9.27. The molecule has 0 aliphatic carbocycles. The van der Waals surface area contributed by atoms with Crippen LogP contribution in [0.3, 0.4) is 0 Å². The van der Waals surface area contributed by atoms with Crippen molar-refractivity contribution in [2.24, 2.45) is 7.05 Å². The van der Waals surface area contributed by atoms with Crippen molar-refractivity contribution < 1.29 is 13.2 Å². The van der Waals surface area contributed by atoms with Crippen LogP contribution in [0.25, 0.3) is 0 Å². The van der Waals surface area contributed by atoms with Gasteiger partial charge in [-0.1, -0.05) is 6.92 Å². The minimum Gasteiger partial charge on any atom is -0.486 e. The minimum atomic E-state index is -3.50. The lowest BCUT2D eigenvalue weighted by atomic mass is 10.3. The molecule has 8 nitrogen and oxygen atoms in total. The van der Waals surface area contributed by atoms with Gasteiger partial charge in [-0.3, -0.25) is 4.68 Å². The third-order valence-corrected chi connectivity index (χ3v) is 4.80. The number of aromatic nitrogens is 3. The molecule has 0 spiro atoms. The average molecular weight is 353 g/mol. The highest BCUT2D eigenvalue weighted by atomic mass is 32.2. The molecule has 0 saturated heterocycles. The highest BCUT2D eigenvalue weighted by molar-refractivity contribution is 7.89. The van der Waals surface area contributed by atoms with Gasteiger partial charge in [-0.05, 0) is 37.2 Å². The molecule has 24 heavy (non-hydrogen) atoms. The SMILES string of the molecule is CCCNCCNS(=O)(=O)c1ccc(OCc2ncnn2C)cc1. The molecular formula is C15H23N5O3S. The summed E-state index contributed by atoms with van der Waals surface area (Å²) >= 11 is 0. The molecule has 2 aromatic rings. The fourth-order valence-corrected chi connectivity index (χ4v) is 3.00. The van der Waals surface area contributed by atoms with Crippen LogP contribution in [0.4, 0.5) is 0 Å². The number of hydrogen-bond donors (Lipinski definition) is 2. The maximum atomic E-state index is 12.2. The van der Waals surface area contributed by atoms with E-state index in [4.69, 9.17) is 4.74 Å². The van der Waals surface area contributed by atoms with Crippen LogP contribution in [-0.2, 0) is 23.7 Å². The Morgan fingerprint density at radius 3 is 2.54 bits per heavy atom. The van der Waals surface area contributed by atoms with Crippen molar-refractivity contribution >= 4 is 10.0 Å². The first-order valence-electron chi connectivity index (χ1n) is 7.79. The number of sulfonamides is 1. The predicted octanol–water partition coefficient (Wildman–Crippen LogP) is 0.672. The molecule has 0 amide bonds. The summed E-state index contributed by atoms with van der Waals surface area (Å²) in [5.41, 5.74) is 0. The Morgan fingerprint density at radius 2 is 1.92 bits per heavy atom. The molecule has 0 unspecified atom stereocenters. The zero-order chi connectivity index (χ0) is 17.4. The summed E-state index contributed by atoms with van der Waals surface area (Å²) in [7, 11) is -1.72. The Balaban J connectivity index is 1.87. The van der Waals surface area contributed by atoms with Crippen LogP contribution in [0.2, 0.25) is 0 Å². The van der Waals surface area contributed by atoms with Gasteiger partial charge in [0.2, 0.25) is 10.0 Å². The van der Waals surface area contributed by atoms with Gasteiger partial charge < -0.3 is 10.1 Å². The van der Waals surface area contributed by atoms with Gasteiger partial charge in [0, 0.05) is 20.1 Å². The Morgan fingerprint density at radius 1 is 1.17 bits per heavy atom. The third kappa shape index (κ3) is 5.29. The van der Waals surface area contributed by atoms with E-state index in [0.29, 0.717) is 24.7 Å². The minimum absolute atomic E-state index is 0.212. The van der Waals surface area contributed by atoms with Crippen molar-refractivity contribution in [3.05, 3.63) is 36.4 Å². The zero-order valence-corrected chi connectivity index (χ0v) is 14.7. The molecule has 132 valence electrons. The molecule has 0 fully saturated rings. The topological polar surface area (TPSA) is 98.1 Å². The lowest BCUT2D eigenvalue weighted by Crippen LogP contribution is -2.32. The number of aryl methyl sites for hydroxylation is 1. The van der Waals surface area contributed by atoms with E-state index in [2.05, 4.69) is 27.0 Å². The van der Waals surface area contributed by atoms with Gasteiger partial charge in [0.15, 0.2) is 5.82 Å². The highest BCUT2D eigenvalue weighted by Crippen LogP contribution is 2.16. The van der Waals surface area contributed by atoms with Gasteiger partial charge in [-0.25, -0.2) is 18.1 Å². The second kappa shape index (κ2) is 8.76. The smallest absolute Gasteiger partial charge is 0.240 e. The lowest BCUT2D eigenvalue weighted by Gasteiger charge is -2.09. The van der Waals surface area contributed by atoms with E-state index in [1.54, 1.807) is 23.9 Å². The van der Waals surface area contributed by atoms with Crippen LogP contribution in [0.5, 0.6) is 5.75 Å². The first-order chi connectivity index (χ1) is 11.5. The molecule has 1 heterocycles. The largest absolute Gasteiger partial charge is 0.486 e. The van der Waals surface area contributed by atoms with Crippen molar-refractivity contribution in [3.63, 3.8) is 0 Å². The summed E-state index contributed by atoms with van der Waals surface area (Å²) in [4.78, 5) is 4.27. The van der Waals surface area contributed by atoms with E-state index in [9.17, 15) is 8.42 Å². The zero-order valence-electron chi connectivity index (χ0n) is 13.9. The summed E-state index contributed by atoms with van der Waals surface area (Å²) < 4.78 is 34.1. The van der Waals surface area contributed by atoms with Crippen molar-refractivity contribution in [2.45, 2.75) is 24.8 Å². The second-order valence-electron chi connectivity index (χ2n) is 5.21. The molecule has 2 N–H and O–H groups in total. The molecule has 2 rings (SSSR count). The molecule has 0 saturated carbocycles. The summed E-state index contributed by atoms with van der Waals surface area (Å²) in [6.45, 7) is 4.16. The molecular weight excluding hydrogens is 330 g/mol. The van der Waals surface area contributed by atoms with E-state index in [1.165, 1.54) is 18.5 Å². The Hall–Kier alpha value is -1.97. The maximum Gasteiger partial charge on any atom is 0.240 e. The van der Waals surface area contributed by atoms with E-state index in [-0.39, 0.29) is 11.5 Å². The summed E-state index contributed by atoms with van der Waals surface area (Å²) in [5.74, 6) is 1.26. The summed E-state index contributed by atoms with van der Waals surface area (Å²) in [6.07, 6.45) is 2.47. The van der Waals surface area contributed by atoms with Gasteiger partial charge in [0.05, 0.1) is 4.90 Å². The number of nitrogens with one attached hydrogen (secondary N) is 2. The third-order valence-electron chi connectivity index (χ3n) is 3.33. The Kier molecular flexibility index (Phi) is 6.71. The van der Waals surface area contributed by atoms with Crippen LogP contribution in [-0.4, -0.2) is 42.8 Å². The second-order valence-corrected chi connectivity index (χ2v) is 6.97. The normalized spacial score (nSPS) is 11.6. The Labute approximate surface area is 142 Å². The predicted molar refractivity (Wildman–Crippen MR) is 90.1 cm³/mol. The van der Waals surface area contributed by atoms with Gasteiger partial charge in [0.25, 0.3) is 0 Å². The van der Waals surface area contributed by atoms with E-state index < -0.39 is 10.0 Å². The molecule has 9 heteroatoms. The molecule has 0 aliphatic heterocycles. The molecule has 0 aliphatic rings. The van der Waals surface area contributed by atoms with Gasteiger partial charge in [-0.15, -0.1) is 0 Å². The molecule has 1 aromatic carbocycles. The van der Waals surface area contributed by atoms with Crippen molar-refractivity contribution in [3.8, 4) is 5.75 Å². The number of benzene rings is 1. The fourth-order valence-electron chi connectivity index (χ4n) is 1.97. The number of ether oxygens (including phenoxy) is 1. The summed E-state index contributed by atoms with van der Waals surface area (Å²) in [6, 6.07) is 6.29. The van der Waals surface area contributed by atoms with Crippen LogP contribution in [0.15, 0.2) is 35.5 Å². The summed E-state index contributed by atoms with van der Waals surface area (Å²) in [5, 5.41) is 7.10. The van der Waals surface area contributed by atoms with Gasteiger partial charge in [0.1, 0.15) is 18.7 Å². The van der Waals surface area contributed by atoms with E-state index in [0.717, 1.165) is 13.0 Å². The highest BCUT2D eigenvalue weighted by Gasteiger charge is 2.13. The Bertz CT molecular complexity index is 728.